The van der Waals surface area contributed by atoms with Crippen LogP contribution in [0.25, 0.3) is 0 Å². The minimum absolute atomic E-state index is 0.0511. The molecule has 17 heavy (non-hydrogen) atoms. The van der Waals surface area contributed by atoms with Gasteiger partial charge in [0.2, 0.25) is 5.91 Å². The Morgan fingerprint density at radius 2 is 2.29 bits per heavy atom. The Morgan fingerprint density at radius 3 is 3.06 bits per heavy atom. The number of hydrogen-bond acceptors (Lipinski definition) is 3. The lowest BCUT2D eigenvalue weighted by molar-refractivity contribution is -0.135. The zero-order chi connectivity index (χ0) is 11.8. The molecule has 0 aromatic carbocycles. The van der Waals surface area contributed by atoms with Gasteiger partial charge < -0.3 is 14.6 Å². The maximum atomic E-state index is 12.3. The van der Waals surface area contributed by atoms with Crippen LogP contribution >= 0.6 is 0 Å². The van der Waals surface area contributed by atoms with Gasteiger partial charge in [-0.25, -0.2) is 4.98 Å². The highest BCUT2D eigenvalue weighted by molar-refractivity contribution is 5.79. The summed E-state index contributed by atoms with van der Waals surface area (Å²) in [4.78, 5) is 18.3. The molecule has 0 saturated carbocycles. The summed E-state index contributed by atoms with van der Waals surface area (Å²) in [5.41, 5.74) is 0. The van der Waals surface area contributed by atoms with Crippen LogP contribution < -0.4 is 0 Å². The summed E-state index contributed by atoms with van der Waals surface area (Å²) in [5.74, 6) is 1.25. The minimum atomic E-state index is -0.329. The normalized spacial score (nSPS) is 28.2. The van der Waals surface area contributed by atoms with E-state index in [4.69, 9.17) is 0 Å². The Hall–Kier alpha value is -1.36. The maximum absolute atomic E-state index is 12.3. The zero-order valence-corrected chi connectivity index (χ0v) is 9.75. The number of hydrogen-bond donors (Lipinski definition) is 1. The topological polar surface area (TPSA) is 58.4 Å². The van der Waals surface area contributed by atoms with E-state index in [0.717, 1.165) is 25.2 Å². The van der Waals surface area contributed by atoms with Crippen molar-refractivity contribution in [3.63, 3.8) is 0 Å². The number of carbonyl (C=O) groups excluding carboxylic acids is 1. The molecular weight excluding hydrogens is 218 g/mol. The molecule has 3 heterocycles. The minimum Gasteiger partial charge on any atom is -0.391 e. The smallest absolute Gasteiger partial charge is 0.226 e. The van der Waals surface area contributed by atoms with Crippen LogP contribution in [-0.4, -0.2) is 44.7 Å². The van der Waals surface area contributed by atoms with Crippen molar-refractivity contribution in [1.82, 2.24) is 14.5 Å². The van der Waals surface area contributed by atoms with Crippen molar-refractivity contribution in [2.24, 2.45) is 5.92 Å². The molecule has 0 aliphatic carbocycles. The van der Waals surface area contributed by atoms with Gasteiger partial charge in [0.05, 0.1) is 6.10 Å². The zero-order valence-electron chi connectivity index (χ0n) is 9.75. The highest BCUT2D eigenvalue weighted by atomic mass is 16.3. The molecule has 5 nitrogen and oxygen atoms in total. The number of likely N-dealkylation sites (tertiary alicyclic amines) is 1. The van der Waals surface area contributed by atoms with E-state index in [9.17, 15) is 9.90 Å². The Morgan fingerprint density at radius 1 is 1.41 bits per heavy atom. The number of aromatic nitrogens is 2. The number of carbonyl (C=O) groups is 1. The molecule has 0 radical (unpaired) electrons. The van der Waals surface area contributed by atoms with E-state index < -0.39 is 0 Å². The molecule has 1 aromatic heterocycles. The van der Waals surface area contributed by atoms with E-state index in [2.05, 4.69) is 9.55 Å². The summed E-state index contributed by atoms with van der Waals surface area (Å²) >= 11 is 0. The maximum Gasteiger partial charge on any atom is 0.226 e. The number of imidazole rings is 1. The van der Waals surface area contributed by atoms with Crippen LogP contribution in [0.4, 0.5) is 0 Å². The van der Waals surface area contributed by atoms with Crippen LogP contribution in [0.2, 0.25) is 0 Å². The van der Waals surface area contributed by atoms with Crippen molar-refractivity contribution in [3.05, 3.63) is 18.2 Å². The van der Waals surface area contributed by atoms with Gasteiger partial charge in [0.15, 0.2) is 0 Å². The lowest BCUT2D eigenvalue weighted by Gasteiger charge is -2.26. The van der Waals surface area contributed by atoms with Crippen LogP contribution in [0, 0.1) is 5.92 Å². The fraction of sp³-hybridized carbons (Fsp3) is 0.667. The van der Waals surface area contributed by atoms with Crippen LogP contribution in [0.5, 0.6) is 0 Å². The third-order valence-electron chi connectivity index (χ3n) is 3.77. The number of rotatable bonds is 1. The number of aliphatic hydroxyl groups excluding tert-OH is 1. The van der Waals surface area contributed by atoms with Crippen molar-refractivity contribution in [2.75, 3.05) is 13.1 Å². The van der Waals surface area contributed by atoms with Crippen LogP contribution in [-0.2, 0) is 17.8 Å². The standard InChI is InChI=1S/C12H17N3O2/c16-10-2-5-15(8-10)12(17)9-1-4-14-6-3-13-11(14)7-9/h3,6,9-10,16H,1-2,4-5,7-8H2. The molecule has 1 aromatic rings. The Bertz CT molecular complexity index is 429. The first-order valence-electron chi connectivity index (χ1n) is 6.21. The molecule has 2 aliphatic heterocycles. The molecule has 0 bridgehead atoms. The highest BCUT2D eigenvalue weighted by Gasteiger charge is 2.32. The quantitative estimate of drug-likeness (QED) is 0.747. The van der Waals surface area contributed by atoms with E-state index >= 15 is 0 Å². The van der Waals surface area contributed by atoms with E-state index in [-0.39, 0.29) is 17.9 Å². The molecule has 2 unspecified atom stereocenters. The van der Waals surface area contributed by atoms with Crippen molar-refractivity contribution >= 4 is 5.91 Å². The first kappa shape index (κ1) is 10.8. The third kappa shape index (κ3) is 1.95. The lowest BCUT2D eigenvalue weighted by atomic mass is 9.96. The molecule has 1 N–H and O–H groups in total. The summed E-state index contributed by atoms with van der Waals surface area (Å²) in [6.45, 7) is 2.08. The summed E-state index contributed by atoms with van der Waals surface area (Å²) in [5, 5.41) is 9.46. The molecule has 2 atom stereocenters. The predicted molar refractivity (Wildman–Crippen MR) is 61.2 cm³/mol. The van der Waals surface area contributed by atoms with Crippen LogP contribution in [0.3, 0.4) is 0 Å². The predicted octanol–water partition coefficient (Wildman–Crippen LogP) is 0.0387. The number of aryl methyl sites for hydroxylation is 1. The van der Waals surface area contributed by atoms with Gasteiger partial charge >= 0.3 is 0 Å². The second kappa shape index (κ2) is 4.14. The molecule has 0 spiro atoms. The van der Waals surface area contributed by atoms with Crippen molar-refractivity contribution in [2.45, 2.75) is 31.9 Å². The summed E-state index contributed by atoms with van der Waals surface area (Å²) in [7, 11) is 0. The Kier molecular flexibility index (Phi) is 2.63. The van der Waals surface area contributed by atoms with Gasteiger partial charge in [-0.3, -0.25) is 4.79 Å². The van der Waals surface area contributed by atoms with Gasteiger partial charge in [0.1, 0.15) is 5.82 Å². The van der Waals surface area contributed by atoms with E-state index in [0.29, 0.717) is 19.5 Å². The van der Waals surface area contributed by atoms with Gasteiger partial charge in [-0.1, -0.05) is 0 Å². The molecule has 1 amide bonds. The molecule has 2 aliphatic rings. The number of amides is 1. The van der Waals surface area contributed by atoms with Gasteiger partial charge in [-0.2, -0.15) is 0 Å². The van der Waals surface area contributed by atoms with Crippen molar-refractivity contribution < 1.29 is 9.90 Å². The molecule has 1 saturated heterocycles. The molecule has 1 fully saturated rings. The average Bonchev–Trinajstić information content (AvgIpc) is 2.95. The summed E-state index contributed by atoms with van der Waals surface area (Å²) < 4.78 is 2.11. The number of nitrogens with zero attached hydrogens (tertiary/aromatic N) is 3. The third-order valence-corrected chi connectivity index (χ3v) is 3.77. The molecule has 3 rings (SSSR count). The Labute approximate surface area is 100 Å². The van der Waals surface area contributed by atoms with E-state index in [1.807, 2.05) is 6.20 Å². The SMILES string of the molecule is O=C(C1CCn2ccnc2C1)N1CCC(O)C1. The van der Waals surface area contributed by atoms with Crippen LogP contribution in [0.15, 0.2) is 12.4 Å². The number of fused-ring (bicyclic) bond motifs is 1. The Balaban J connectivity index is 1.68. The fourth-order valence-corrected chi connectivity index (χ4v) is 2.76. The lowest BCUT2D eigenvalue weighted by Crippen LogP contribution is -2.38. The fourth-order valence-electron chi connectivity index (χ4n) is 2.76. The molecule has 5 heteroatoms. The van der Waals surface area contributed by atoms with Gasteiger partial charge in [-0.05, 0) is 12.8 Å². The largest absolute Gasteiger partial charge is 0.391 e. The number of aliphatic hydroxyl groups is 1. The number of β-amino-alcohol motifs (C(OH)–C–C–N with tert-alkyl or cyclic N) is 1. The molecular formula is C12H17N3O2. The van der Waals surface area contributed by atoms with Crippen molar-refractivity contribution in [3.8, 4) is 0 Å². The van der Waals surface area contributed by atoms with E-state index in [1.165, 1.54) is 0 Å². The summed E-state index contributed by atoms with van der Waals surface area (Å²) in [6.07, 6.45) is 5.77. The van der Waals surface area contributed by atoms with Crippen molar-refractivity contribution in [1.29, 1.82) is 0 Å². The average molecular weight is 235 g/mol. The summed E-state index contributed by atoms with van der Waals surface area (Å²) in [6, 6.07) is 0. The van der Waals surface area contributed by atoms with Gasteiger partial charge in [0.25, 0.3) is 0 Å². The van der Waals surface area contributed by atoms with Gasteiger partial charge in [-0.15, -0.1) is 0 Å². The first-order valence-corrected chi connectivity index (χ1v) is 6.21. The van der Waals surface area contributed by atoms with Crippen LogP contribution in [0.1, 0.15) is 18.7 Å². The van der Waals surface area contributed by atoms with E-state index in [1.54, 1.807) is 11.1 Å². The second-order valence-electron chi connectivity index (χ2n) is 4.95. The first-order chi connectivity index (χ1) is 8.24. The highest BCUT2D eigenvalue weighted by Crippen LogP contribution is 2.23. The van der Waals surface area contributed by atoms with Gasteiger partial charge in [0, 0.05) is 44.4 Å². The molecule has 92 valence electrons. The second-order valence-corrected chi connectivity index (χ2v) is 4.95. The monoisotopic (exact) mass is 235 g/mol.